The molecule has 8 rings (SSSR count). The Morgan fingerprint density at radius 1 is 0.400 bits per heavy atom. The molecule has 8 aromatic rings. The fraction of sp³-hybridized carbons (Fsp3) is 0. The van der Waals surface area contributed by atoms with Crippen molar-refractivity contribution in [2.75, 3.05) is 0 Å². The van der Waals surface area contributed by atoms with E-state index in [9.17, 15) is 0 Å². The molecule has 13 heteroatoms. The van der Waals surface area contributed by atoms with Gasteiger partial charge in [-0.25, -0.2) is 0 Å². The maximum Gasteiger partial charge on any atom is 0.0449 e. The van der Waals surface area contributed by atoms with Crippen molar-refractivity contribution in [1.29, 1.82) is 0 Å². The molecule has 0 atom stereocenters. The molecule has 0 saturated carbocycles. The molecule has 0 bridgehead atoms. The second-order valence-corrected chi connectivity index (χ2v) is 20.3. The molecule has 0 N–H and O–H groups in total. The number of rotatable bonds is 6. The summed E-state index contributed by atoms with van der Waals surface area (Å²) in [6.45, 7) is 0. The summed E-state index contributed by atoms with van der Waals surface area (Å²) in [5, 5.41) is 4.27. The molecule has 0 aromatic carbocycles. The maximum absolute atomic E-state index is 4.34. The largest absolute Gasteiger partial charge is 0.143 e. The standard InChI is InChI=1S/C16H8Br2S4.C16H10S4.BHNS/c17-15-7-5-13(21-15)11-3-1-9(19-11)10-2-4-12(20-10)14-6-8-16(18)22-14;1-3-11(17-9-1)13-5-7-15(19-13)16-8-6-14(20-16)12-4-2-10-18-12;1-2-3/h1-8H;1-10H;3H. The van der Waals surface area contributed by atoms with Gasteiger partial charge in [-0.3, -0.25) is 0 Å². The molecule has 1 nitrogen and oxygen atoms in total. The van der Waals surface area contributed by atoms with E-state index in [0.717, 1.165) is 0 Å². The minimum Gasteiger partial charge on any atom is -0.143 e. The van der Waals surface area contributed by atoms with Gasteiger partial charge >= 0.3 is 24.8 Å². The van der Waals surface area contributed by atoms with Crippen molar-refractivity contribution >= 4 is 143 Å². The summed E-state index contributed by atoms with van der Waals surface area (Å²) >= 11 is 24.9. The molecule has 0 aliphatic heterocycles. The summed E-state index contributed by atoms with van der Waals surface area (Å²) in [5.74, 6) is 0. The van der Waals surface area contributed by atoms with Crippen LogP contribution in [0.2, 0.25) is 0 Å². The molecular weight excluding hydrogens is 858 g/mol. The van der Waals surface area contributed by atoms with Crippen molar-refractivity contribution in [1.82, 2.24) is 0 Å². The molecular formula is C32H19BBr2NS9. The van der Waals surface area contributed by atoms with E-state index in [1.165, 1.54) is 66.1 Å². The zero-order valence-corrected chi connectivity index (χ0v) is 33.5. The number of hydrogen-bond donors (Lipinski definition) is 1. The van der Waals surface area contributed by atoms with E-state index in [1.54, 1.807) is 45.3 Å². The minimum atomic E-state index is 1.18. The summed E-state index contributed by atoms with van der Waals surface area (Å²) in [7, 11) is 4.34. The van der Waals surface area contributed by atoms with Crippen LogP contribution in [0, 0.1) is 0 Å². The van der Waals surface area contributed by atoms with Crippen LogP contribution < -0.4 is 0 Å². The van der Waals surface area contributed by atoms with Gasteiger partial charge in [0.1, 0.15) is 0 Å². The van der Waals surface area contributed by atoms with Crippen molar-refractivity contribution in [2.45, 2.75) is 0 Å². The molecule has 0 amide bonds. The summed E-state index contributed by atoms with van der Waals surface area (Å²) in [6.07, 6.45) is 0. The number of halogens is 2. The minimum absolute atomic E-state index is 1.18. The monoisotopic (exact) mass is 874 g/mol. The van der Waals surface area contributed by atoms with Crippen LogP contribution in [0.5, 0.6) is 0 Å². The molecule has 0 unspecified atom stereocenters. The first kappa shape index (κ1) is 33.7. The second-order valence-electron chi connectivity index (χ2n) is 8.93. The SMILES string of the molecule is Brc1ccc(-c2ccc(-c3ccc(-c4ccc(Br)s4)s3)s2)s1.[B]=NS.c1csc(-c2ccc(-c3ccc(-c4cccs4)s3)s2)c1. The molecule has 8 heterocycles. The summed E-state index contributed by atoms with van der Waals surface area (Å²) in [5.41, 5.74) is 0. The van der Waals surface area contributed by atoms with Crippen LogP contribution in [0.3, 0.4) is 0 Å². The number of thiol groups is 1. The van der Waals surface area contributed by atoms with Crippen LogP contribution in [0.1, 0.15) is 0 Å². The van der Waals surface area contributed by atoms with Gasteiger partial charge in [-0.1, -0.05) is 12.1 Å². The van der Waals surface area contributed by atoms with Crippen molar-refractivity contribution in [3.8, 4) is 58.5 Å². The first-order valence-electron chi connectivity index (χ1n) is 13.0. The van der Waals surface area contributed by atoms with Crippen LogP contribution in [-0.2, 0) is 0 Å². The van der Waals surface area contributed by atoms with Crippen LogP contribution in [0.15, 0.2) is 120 Å². The molecule has 0 spiro atoms. The summed E-state index contributed by atoms with van der Waals surface area (Å²) in [4.78, 5) is 16.2. The molecule has 0 saturated heterocycles. The Kier molecular flexibility index (Phi) is 12.2. The van der Waals surface area contributed by atoms with E-state index in [2.05, 4.69) is 164 Å². The van der Waals surface area contributed by atoms with Crippen LogP contribution in [-0.4, -0.2) is 7.64 Å². The van der Waals surface area contributed by atoms with Gasteiger partial charge in [0.25, 0.3) is 0 Å². The Hall–Kier alpha value is -1.23. The molecule has 1 radical (unpaired) electrons. The van der Waals surface area contributed by atoms with E-state index >= 15 is 0 Å². The number of thiophene rings is 8. The second kappa shape index (κ2) is 16.3. The third-order valence-corrected chi connectivity index (χ3v) is 16.6. The van der Waals surface area contributed by atoms with Crippen molar-refractivity contribution in [3.05, 3.63) is 115 Å². The molecule has 8 aromatic heterocycles. The summed E-state index contributed by atoms with van der Waals surface area (Å²) < 4.78 is 5.05. The van der Waals surface area contributed by atoms with Crippen LogP contribution >= 0.6 is 135 Å². The normalized spacial score (nSPS) is 10.6. The van der Waals surface area contributed by atoms with E-state index in [-0.39, 0.29) is 0 Å². The first-order chi connectivity index (χ1) is 22.0. The van der Waals surface area contributed by atoms with Crippen LogP contribution in [0.4, 0.5) is 0 Å². The Labute approximate surface area is 317 Å². The predicted octanol–water partition coefficient (Wildman–Crippen LogP) is 15.6. The molecule has 45 heavy (non-hydrogen) atoms. The fourth-order valence-electron chi connectivity index (χ4n) is 4.14. The Bertz CT molecular complexity index is 1940. The van der Waals surface area contributed by atoms with Gasteiger partial charge in [0, 0.05) is 58.5 Å². The fourth-order valence-corrected chi connectivity index (χ4v) is 13.0. The first-order valence-corrected chi connectivity index (χ1v) is 21.7. The predicted molar refractivity (Wildman–Crippen MR) is 221 cm³/mol. The van der Waals surface area contributed by atoms with Gasteiger partial charge in [-0.05, 0) is 128 Å². The quantitative estimate of drug-likeness (QED) is 0.126. The van der Waals surface area contributed by atoms with Gasteiger partial charge in [0.2, 0.25) is 0 Å². The van der Waals surface area contributed by atoms with Gasteiger partial charge in [-0.2, -0.15) is 0 Å². The van der Waals surface area contributed by atoms with Crippen LogP contribution in [0.25, 0.3) is 58.5 Å². The summed E-state index contributed by atoms with van der Waals surface area (Å²) in [6, 6.07) is 35.0. The van der Waals surface area contributed by atoms with Gasteiger partial charge < -0.3 is 0 Å². The zero-order valence-electron chi connectivity index (χ0n) is 22.9. The zero-order chi connectivity index (χ0) is 31.2. The molecule has 0 aliphatic carbocycles. The number of nitrogens with zero attached hydrogens (tertiary/aromatic N) is 1. The third-order valence-electron chi connectivity index (χ3n) is 6.07. The molecule has 223 valence electrons. The van der Waals surface area contributed by atoms with Gasteiger partial charge in [-0.15, -0.1) is 90.7 Å². The topological polar surface area (TPSA) is 12.4 Å². The number of hydrogen-bond acceptors (Lipinski definition) is 10. The van der Waals surface area contributed by atoms with Crippen molar-refractivity contribution in [2.24, 2.45) is 4.30 Å². The Balaban J connectivity index is 0.000000147. The molecule has 0 aliphatic rings. The Morgan fingerprint density at radius 2 is 0.644 bits per heavy atom. The van der Waals surface area contributed by atoms with Crippen molar-refractivity contribution in [3.63, 3.8) is 0 Å². The van der Waals surface area contributed by atoms with Gasteiger partial charge in [0.05, 0.1) is 7.57 Å². The van der Waals surface area contributed by atoms with E-state index in [4.69, 9.17) is 0 Å². The third kappa shape index (κ3) is 8.63. The van der Waals surface area contributed by atoms with E-state index in [0.29, 0.717) is 0 Å². The van der Waals surface area contributed by atoms with Crippen molar-refractivity contribution < 1.29 is 0 Å². The average molecular weight is 877 g/mol. The van der Waals surface area contributed by atoms with Gasteiger partial charge in [0.15, 0.2) is 0 Å². The smallest absolute Gasteiger partial charge is 0.0449 e. The van der Waals surface area contributed by atoms with E-state index < -0.39 is 0 Å². The van der Waals surface area contributed by atoms with E-state index in [1.807, 2.05) is 45.3 Å². The average Bonchev–Trinajstić information content (AvgIpc) is 3.89. The Morgan fingerprint density at radius 3 is 0.867 bits per heavy atom. The maximum atomic E-state index is 4.34. The molecule has 0 fully saturated rings.